The van der Waals surface area contributed by atoms with E-state index in [1.807, 2.05) is 13.0 Å². The summed E-state index contributed by atoms with van der Waals surface area (Å²) in [6, 6.07) is 3.71. The Hall–Kier alpha value is -0.880. The highest BCUT2D eigenvalue weighted by Crippen LogP contribution is 2.28. The first-order valence-corrected chi connectivity index (χ1v) is 7.39. The third kappa shape index (κ3) is 2.75. The number of carbonyl (C=O) groups excluding carboxylic acids is 1. The van der Waals surface area contributed by atoms with Crippen LogP contribution in [0.4, 0.5) is 0 Å². The summed E-state index contributed by atoms with van der Waals surface area (Å²) in [5.41, 5.74) is 0. The molecule has 0 radical (unpaired) electrons. The third-order valence-corrected chi connectivity index (χ3v) is 4.89. The summed E-state index contributed by atoms with van der Waals surface area (Å²) in [5, 5.41) is 9.06. The van der Waals surface area contributed by atoms with Crippen LogP contribution in [0.3, 0.4) is 0 Å². The molecule has 2 rings (SSSR count). The summed E-state index contributed by atoms with van der Waals surface area (Å²) in [5.74, 6) is -1.32. The normalized spacial score (nSPS) is 24.0. The number of carbonyl (C=O) groups is 2. The summed E-state index contributed by atoms with van der Waals surface area (Å²) < 4.78 is 0.908. The van der Waals surface area contributed by atoms with Gasteiger partial charge in [0, 0.05) is 12.6 Å². The van der Waals surface area contributed by atoms with Crippen molar-refractivity contribution in [3.63, 3.8) is 0 Å². The highest BCUT2D eigenvalue weighted by molar-refractivity contribution is 9.11. The van der Waals surface area contributed by atoms with Gasteiger partial charge in [-0.1, -0.05) is 0 Å². The highest BCUT2D eigenvalue weighted by atomic mass is 79.9. The van der Waals surface area contributed by atoms with Crippen LogP contribution in [-0.4, -0.2) is 34.5 Å². The SMILES string of the molecule is CC1CCC(C(=O)O)CN1C(=O)c1ccc(Br)s1. The van der Waals surface area contributed by atoms with Crippen molar-refractivity contribution in [2.45, 2.75) is 25.8 Å². The van der Waals surface area contributed by atoms with E-state index >= 15 is 0 Å². The average molecular weight is 332 g/mol. The van der Waals surface area contributed by atoms with Crippen molar-refractivity contribution in [3.8, 4) is 0 Å². The van der Waals surface area contributed by atoms with E-state index in [1.165, 1.54) is 11.3 Å². The summed E-state index contributed by atoms with van der Waals surface area (Å²) >= 11 is 4.71. The molecule has 2 atom stereocenters. The number of carboxylic acids is 1. The van der Waals surface area contributed by atoms with Crippen LogP contribution in [0.5, 0.6) is 0 Å². The summed E-state index contributed by atoms with van der Waals surface area (Å²) in [4.78, 5) is 25.7. The fourth-order valence-electron chi connectivity index (χ4n) is 2.16. The minimum atomic E-state index is -0.813. The van der Waals surface area contributed by atoms with Gasteiger partial charge in [-0.2, -0.15) is 0 Å². The molecule has 4 nitrogen and oxygen atoms in total. The largest absolute Gasteiger partial charge is 0.481 e. The molecule has 0 saturated carbocycles. The summed E-state index contributed by atoms with van der Waals surface area (Å²) in [6.45, 7) is 2.28. The Labute approximate surface area is 118 Å². The summed E-state index contributed by atoms with van der Waals surface area (Å²) in [7, 11) is 0. The standard InChI is InChI=1S/C12H14BrNO3S/c1-7-2-3-8(12(16)17)6-14(7)11(15)9-4-5-10(13)18-9/h4-5,7-8H,2-3,6H2,1H3,(H,16,17). The number of halogens is 1. The molecule has 1 fully saturated rings. The molecule has 1 aromatic rings. The van der Waals surface area contributed by atoms with Crippen molar-refractivity contribution < 1.29 is 14.7 Å². The molecule has 1 saturated heterocycles. The van der Waals surface area contributed by atoms with Crippen LogP contribution in [0.2, 0.25) is 0 Å². The number of hydrogen-bond donors (Lipinski definition) is 1. The number of piperidine rings is 1. The van der Waals surface area contributed by atoms with E-state index in [4.69, 9.17) is 5.11 Å². The van der Waals surface area contributed by atoms with E-state index in [1.54, 1.807) is 11.0 Å². The second kappa shape index (κ2) is 5.40. The highest BCUT2D eigenvalue weighted by Gasteiger charge is 2.33. The molecule has 98 valence electrons. The van der Waals surface area contributed by atoms with Gasteiger partial charge in [0.2, 0.25) is 0 Å². The van der Waals surface area contributed by atoms with Gasteiger partial charge >= 0.3 is 5.97 Å². The number of nitrogens with zero attached hydrogens (tertiary/aromatic N) is 1. The lowest BCUT2D eigenvalue weighted by Crippen LogP contribution is -2.47. The molecule has 2 heterocycles. The van der Waals surface area contributed by atoms with Gasteiger partial charge in [0.1, 0.15) is 0 Å². The molecule has 0 spiro atoms. The zero-order valence-corrected chi connectivity index (χ0v) is 12.3. The van der Waals surface area contributed by atoms with Gasteiger partial charge in [0.25, 0.3) is 5.91 Å². The Morgan fingerprint density at radius 1 is 1.44 bits per heavy atom. The molecule has 0 aliphatic carbocycles. The van der Waals surface area contributed by atoms with Crippen LogP contribution in [0.15, 0.2) is 15.9 Å². The molecule has 1 N–H and O–H groups in total. The van der Waals surface area contributed by atoms with Gasteiger partial charge in [0.05, 0.1) is 14.6 Å². The fraction of sp³-hybridized carbons (Fsp3) is 0.500. The quantitative estimate of drug-likeness (QED) is 0.906. The third-order valence-electron chi connectivity index (χ3n) is 3.28. The molecular formula is C12H14BrNO3S. The van der Waals surface area contributed by atoms with Crippen LogP contribution in [-0.2, 0) is 4.79 Å². The molecule has 1 aromatic heterocycles. The monoisotopic (exact) mass is 331 g/mol. The van der Waals surface area contributed by atoms with Crippen LogP contribution in [0, 0.1) is 5.92 Å². The fourth-order valence-corrected chi connectivity index (χ4v) is 3.50. The molecule has 2 unspecified atom stereocenters. The number of carboxylic acid groups (broad SMARTS) is 1. The van der Waals surface area contributed by atoms with E-state index < -0.39 is 11.9 Å². The Balaban J connectivity index is 2.15. The van der Waals surface area contributed by atoms with Gasteiger partial charge in [-0.15, -0.1) is 11.3 Å². The molecule has 1 aliphatic rings. The van der Waals surface area contributed by atoms with Crippen LogP contribution in [0.25, 0.3) is 0 Å². The Bertz CT molecular complexity index is 474. The van der Waals surface area contributed by atoms with Crippen molar-refractivity contribution in [2.75, 3.05) is 6.54 Å². The first-order chi connectivity index (χ1) is 8.49. The number of likely N-dealkylation sites (tertiary alicyclic amines) is 1. The van der Waals surface area contributed by atoms with E-state index in [9.17, 15) is 9.59 Å². The van der Waals surface area contributed by atoms with E-state index in [0.29, 0.717) is 17.8 Å². The topological polar surface area (TPSA) is 57.6 Å². The minimum Gasteiger partial charge on any atom is -0.481 e. The van der Waals surface area contributed by atoms with Crippen molar-refractivity contribution in [2.24, 2.45) is 5.92 Å². The Morgan fingerprint density at radius 2 is 2.17 bits per heavy atom. The number of aliphatic carboxylic acids is 1. The second-order valence-electron chi connectivity index (χ2n) is 4.52. The molecule has 0 bridgehead atoms. The van der Waals surface area contributed by atoms with Crippen LogP contribution < -0.4 is 0 Å². The number of amides is 1. The molecule has 1 amide bonds. The van der Waals surface area contributed by atoms with Gasteiger partial charge < -0.3 is 10.0 Å². The van der Waals surface area contributed by atoms with Gasteiger partial charge in [-0.3, -0.25) is 9.59 Å². The zero-order valence-electron chi connectivity index (χ0n) is 9.93. The van der Waals surface area contributed by atoms with Gasteiger partial charge in [-0.05, 0) is 47.8 Å². The average Bonchev–Trinajstić information content (AvgIpc) is 2.75. The number of thiophene rings is 1. The minimum absolute atomic E-state index is 0.0656. The van der Waals surface area contributed by atoms with Crippen LogP contribution >= 0.6 is 27.3 Å². The van der Waals surface area contributed by atoms with Gasteiger partial charge in [0.15, 0.2) is 0 Å². The Morgan fingerprint density at radius 3 is 2.72 bits per heavy atom. The summed E-state index contributed by atoms with van der Waals surface area (Å²) in [6.07, 6.45) is 1.39. The molecule has 6 heteroatoms. The van der Waals surface area contributed by atoms with Crippen molar-refractivity contribution >= 4 is 39.1 Å². The molecular weight excluding hydrogens is 318 g/mol. The predicted molar refractivity (Wildman–Crippen MR) is 72.9 cm³/mol. The predicted octanol–water partition coefficient (Wildman–Crippen LogP) is 2.84. The second-order valence-corrected chi connectivity index (χ2v) is 6.99. The first kappa shape index (κ1) is 13.5. The van der Waals surface area contributed by atoms with E-state index in [2.05, 4.69) is 15.9 Å². The zero-order chi connectivity index (χ0) is 13.3. The van der Waals surface area contributed by atoms with Crippen LogP contribution in [0.1, 0.15) is 29.4 Å². The number of hydrogen-bond acceptors (Lipinski definition) is 3. The van der Waals surface area contributed by atoms with E-state index in [-0.39, 0.29) is 11.9 Å². The van der Waals surface area contributed by atoms with E-state index in [0.717, 1.165) is 10.2 Å². The molecule has 1 aliphatic heterocycles. The lowest BCUT2D eigenvalue weighted by molar-refractivity contribution is -0.143. The Kier molecular flexibility index (Phi) is 4.07. The van der Waals surface area contributed by atoms with Crippen molar-refractivity contribution in [3.05, 3.63) is 20.8 Å². The molecule has 18 heavy (non-hydrogen) atoms. The molecule has 0 aromatic carbocycles. The number of rotatable bonds is 2. The maximum atomic E-state index is 12.3. The maximum Gasteiger partial charge on any atom is 0.308 e. The van der Waals surface area contributed by atoms with Crippen molar-refractivity contribution in [1.29, 1.82) is 0 Å². The lowest BCUT2D eigenvalue weighted by atomic mass is 9.93. The smallest absolute Gasteiger partial charge is 0.308 e. The lowest BCUT2D eigenvalue weighted by Gasteiger charge is -2.36. The van der Waals surface area contributed by atoms with Crippen molar-refractivity contribution in [1.82, 2.24) is 4.90 Å². The van der Waals surface area contributed by atoms with Gasteiger partial charge in [-0.25, -0.2) is 0 Å². The first-order valence-electron chi connectivity index (χ1n) is 5.78. The maximum absolute atomic E-state index is 12.3.